The molecule has 0 fully saturated rings. The maximum Gasteiger partial charge on any atom is 0.225 e. The fraction of sp³-hybridized carbons (Fsp3) is 0.458. The third-order valence-corrected chi connectivity index (χ3v) is 5.77. The van der Waals surface area contributed by atoms with E-state index in [1.54, 1.807) is 12.4 Å². The molecule has 4 rings (SSSR count). The fourth-order valence-electron chi connectivity index (χ4n) is 3.86. The Hall–Kier alpha value is -3.38. The largest absolute Gasteiger partial charge is 0.374 e. The Balaban J connectivity index is 1.44. The van der Waals surface area contributed by atoms with Crippen LogP contribution in [0.1, 0.15) is 37.6 Å². The third-order valence-electron chi connectivity index (χ3n) is 5.77. The molecule has 1 unspecified atom stereocenters. The van der Waals surface area contributed by atoms with Crippen LogP contribution >= 0.6 is 0 Å². The molecule has 36 heavy (non-hydrogen) atoms. The fourth-order valence-corrected chi connectivity index (χ4v) is 3.86. The summed E-state index contributed by atoms with van der Waals surface area (Å²) in [6.45, 7) is 8.42. The Labute approximate surface area is 207 Å². The number of aryl methyl sites for hydroxylation is 1. The first-order valence-corrected chi connectivity index (χ1v) is 11.5. The molecule has 9 nitrogen and oxygen atoms in total. The molecule has 3 aromatic rings. The zero-order chi connectivity index (χ0) is 26.2. The van der Waals surface area contributed by atoms with Gasteiger partial charge in [0.15, 0.2) is 23.3 Å². The summed E-state index contributed by atoms with van der Waals surface area (Å²) < 4.78 is 47.5. The first kappa shape index (κ1) is 25.7. The van der Waals surface area contributed by atoms with E-state index in [1.165, 1.54) is 4.68 Å². The molecule has 3 heterocycles. The van der Waals surface area contributed by atoms with Crippen LogP contribution in [0.3, 0.4) is 0 Å². The van der Waals surface area contributed by atoms with Gasteiger partial charge in [-0.3, -0.25) is 4.68 Å². The normalized spacial score (nSPS) is 17.6. The Morgan fingerprint density at radius 3 is 2.50 bits per heavy atom. The van der Waals surface area contributed by atoms with Crippen molar-refractivity contribution >= 4 is 17.5 Å². The second kappa shape index (κ2) is 9.94. The predicted molar refractivity (Wildman–Crippen MR) is 129 cm³/mol. The van der Waals surface area contributed by atoms with E-state index in [2.05, 4.69) is 25.7 Å². The molecule has 12 heteroatoms. The lowest BCUT2D eigenvalue weighted by atomic mass is 10.1. The second-order valence-corrected chi connectivity index (χ2v) is 9.80. The summed E-state index contributed by atoms with van der Waals surface area (Å²) in [6.07, 6.45) is 2.47. The SMILES string of the molecule is Cc1nc(NCc2cnn(Cc3cc(F)c(F)c(F)c3)c2)nc2c1NC(O)[C@H](COC(C)(C)C)N2C. The average Bonchev–Trinajstić information content (AvgIpc) is 3.23. The van der Waals surface area contributed by atoms with E-state index in [9.17, 15) is 18.3 Å². The number of aromatic nitrogens is 4. The highest BCUT2D eigenvalue weighted by atomic mass is 19.2. The molecule has 0 saturated heterocycles. The summed E-state index contributed by atoms with van der Waals surface area (Å²) in [6, 6.07) is 1.55. The number of hydrogen-bond acceptors (Lipinski definition) is 8. The summed E-state index contributed by atoms with van der Waals surface area (Å²) in [5.74, 6) is -2.94. The monoisotopic (exact) mass is 505 g/mol. The van der Waals surface area contributed by atoms with Gasteiger partial charge in [0.2, 0.25) is 5.95 Å². The standard InChI is InChI=1S/C24H30F3N7O2/c1-13-20-21(33(5)18(22(35)31-20)12-36-24(2,3)4)32-23(30-13)28-8-15-9-29-34(11-15)10-14-6-16(25)19(27)17(26)7-14/h6-7,9,11,18,22,31,35H,8,10,12H2,1-5H3,(H,28,30,32)/t18-,22?/m0/s1. The number of benzene rings is 1. The van der Waals surface area contributed by atoms with Gasteiger partial charge in [0.1, 0.15) is 11.9 Å². The van der Waals surface area contributed by atoms with Crippen LogP contribution in [-0.2, 0) is 17.8 Å². The Morgan fingerprint density at radius 1 is 1.14 bits per heavy atom. The van der Waals surface area contributed by atoms with Crippen LogP contribution in [-0.4, -0.2) is 56.4 Å². The number of nitrogens with zero attached hydrogens (tertiary/aromatic N) is 5. The van der Waals surface area contributed by atoms with E-state index in [0.29, 0.717) is 36.3 Å². The van der Waals surface area contributed by atoms with E-state index in [-0.39, 0.29) is 23.8 Å². The van der Waals surface area contributed by atoms with Crippen LogP contribution in [0.4, 0.5) is 30.6 Å². The van der Waals surface area contributed by atoms with E-state index >= 15 is 0 Å². The highest BCUT2D eigenvalue weighted by Gasteiger charge is 2.34. The van der Waals surface area contributed by atoms with Crippen molar-refractivity contribution in [2.75, 3.05) is 29.2 Å². The quantitative estimate of drug-likeness (QED) is 0.420. The Morgan fingerprint density at radius 2 is 1.83 bits per heavy atom. The molecule has 2 atom stereocenters. The Kier molecular flexibility index (Phi) is 7.10. The summed E-state index contributed by atoms with van der Waals surface area (Å²) in [4.78, 5) is 11.0. The van der Waals surface area contributed by atoms with Gasteiger partial charge in [0.25, 0.3) is 0 Å². The van der Waals surface area contributed by atoms with E-state index in [0.717, 1.165) is 17.7 Å². The zero-order valence-corrected chi connectivity index (χ0v) is 20.8. The second-order valence-electron chi connectivity index (χ2n) is 9.80. The lowest BCUT2D eigenvalue weighted by Crippen LogP contribution is -2.53. The van der Waals surface area contributed by atoms with Crippen molar-refractivity contribution in [3.63, 3.8) is 0 Å². The van der Waals surface area contributed by atoms with Gasteiger partial charge in [0, 0.05) is 25.4 Å². The highest BCUT2D eigenvalue weighted by Crippen LogP contribution is 2.34. The molecule has 0 aliphatic carbocycles. The van der Waals surface area contributed by atoms with Gasteiger partial charge in [-0.25, -0.2) is 18.2 Å². The van der Waals surface area contributed by atoms with Gasteiger partial charge in [-0.1, -0.05) is 0 Å². The molecule has 0 radical (unpaired) electrons. The number of anilines is 3. The van der Waals surface area contributed by atoms with Crippen molar-refractivity contribution < 1.29 is 23.0 Å². The van der Waals surface area contributed by atoms with Gasteiger partial charge >= 0.3 is 0 Å². The average molecular weight is 506 g/mol. The molecule has 194 valence electrons. The lowest BCUT2D eigenvalue weighted by molar-refractivity contribution is -0.0258. The molecule has 3 N–H and O–H groups in total. The van der Waals surface area contributed by atoms with Crippen molar-refractivity contribution in [3.8, 4) is 0 Å². The number of hydrogen-bond donors (Lipinski definition) is 3. The van der Waals surface area contributed by atoms with E-state index in [4.69, 9.17) is 4.74 Å². The number of halogens is 3. The molecule has 0 bridgehead atoms. The minimum Gasteiger partial charge on any atom is -0.374 e. The van der Waals surface area contributed by atoms with E-state index < -0.39 is 23.7 Å². The third kappa shape index (κ3) is 5.71. The lowest BCUT2D eigenvalue weighted by Gasteiger charge is -2.40. The topological polar surface area (TPSA) is 100 Å². The molecular weight excluding hydrogens is 475 g/mol. The van der Waals surface area contributed by atoms with Gasteiger partial charge in [0.05, 0.1) is 36.7 Å². The maximum absolute atomic E-state index is 13.5. The number of rotatable bonds is 7. The van der Waals surface area contributed by atoms with Crippen molar-refractivity contribution in [2.24, 2.45) is 0 Å². The van der Waals surface area contributed by atoms with Crippen LogP contribution in [0.25, 0.3) is 0 Å². The molecule has 1 aliphatic heterocycles. The first-order valence-electron chi connectivity index (χ1n) is 11.5. The molecule has 2 aromatic heterocycles. The van der Waals surface area contributed by atoms with Crippen LogP contribution < -0.4 is 15.5 Å². The minimum atomic E-state index is -1.49. The molecule has 1 aliphatic rings. The first-order chi connectivity index (χ1) is 16.9. The van der Waals surface area contributed by atoms with Gasteiger partial charge in [-0.05, 0) is 45.4 Å². The number of aliphatic hydroxyl groups is 1. The number of nitrogens with one attached hydrogen (secondary N) is 2. The van der Waals surface area contributed by atoms with Gasteiger partial charge in [-0.15, -0.1) is 0 Å². The van der Waals surface area contributed by atoms with Crippen molar-refractivity contribution in [2.45, 2.75) is 58.7 Å². The molecule has 1 aromatic carbocycles. The summed E-state index contributed by atoms with van der Waals surface area (Å²) >= 11 is 0. The number of fused-ring (bicyclic) bond motifs is 1. The number of aliphatic hydroxyl groups excluding tert-OH is 1. The van der Waals surface area contributed by atoms with Crippen molar-refractivity contribution in [1.29, 1.82) is 0 Å². The predicted octanol–water partition coefficient (Wildman–Crippen LogP) is 3.42. The van der Waals surface area contributed by atoms with Crippen LogP contribution in [0, 0.1) is 24.4 Å². The summed E-state index contributed by atoms with van der Waals surface area (Å²) in [5.41, 5.74) is 2.01. The smallest absolute Gasteiger partial charge is 0.225 e. The van der Waals surface area contributed by atoms with Crippen LogP contribution in [0.15, 0.2) is 24.5 Å². The number of likely N-dealkylation sites (N-methyl/N-ethyl adjacent to an activating group) is 1. The highest BCUT2D eigenvalue weighted by molar-refractivity contribution is 5.72. The minimum absolute atomic E-state index is 0.0827. The molecular formula is C24H30F3N7O2. The summed E-state index contributed by atoms with van der Waals surface area (Å²) in [5, 5.41) is 21.0. The molecule has 0 amide bonds. The maximum atomic E-state index is 13.5. The van der Waals surface area contributed by atoms with Crippen molar-refractivity contribution in [1.82, 2.24) is 19.7 Å². The molecule has 0 spiro atoms. The van der Waals surface area contributed by atoms with Crippen molar-refractivity contribution in [3.05, 3.63) is 58.8 Å². The van der Waals surface area contributed by atoms with Crippen LogP contribution in [0.2, 0.25) is 0 Å². The zero-order valence-electron chi connectivity index (χ0n) is 20.8. The Bertz CT molecular complexity index is 1220. The number of ether oxygens (including phenoxy) is 1. The summed E-state index contributed by atoms with van der Waals surface area (Å²) in [7, 11) is 1.85. The molecule has 0 saturated carbocycles. The van der Waals surface area contributed by atoms with Gasteiger partial charge < -0.3 is 25.4 Å². The van der Waals surface area contributed by atoms with E-state index in [1.807, 2.05) is 39.6 Å². The van der Waals surface area contributed by atoms with Gasteiger partial charge in [-0.2, -0.15) is 10.1 Å². The van der Waals surface area contributed by atoms with Crippen LogP contribution in [0.5, 0.6) is 0 Å².